The fraction of sp³-hybridized carbons (Fsp3) is 0.200. The van der Waals surface area contributed by atoms with Gasteiger partial charge in [-0.15, -0.1) is 0 Å². The molecule has 138 valence electrons. The molecule has 1 fully saturated rings. The number of benzene rings is 2. The Kier molecular flexibility index (Phi) is 5.03. The number of aliphatic carboxylic acids is 1. The van der Waals surface area contributed by atoms with Crippen LogP contribution in [0.2, 0.25) is 0 Å². The second kappa shape index (κ2) is 7.41. The lowest BCUT2D eigenvalue weighted by atomic mass is 10.1. The van der Waals surface area contributed by atoms with Crippen molar-refractivity contribution >= 4 is 34.9 Å². The van der Waals surface area contributed by atoms with Crippen LogP contribution in [0.4, 0.5) is 11.4 Å². The number of hydrogen-bond acceptors (Lipinski definition) is 5. The molecule has 3 rings (SSSR count). The highest BCUT2D eigenvalue weighted by Gasteiger charge is 2.39. The summed E-state index contributed by atoms with van der Waals surface area (Å²) in [5, 5.41) is 11.8. The maximum absolute atomic E-state index is 12.6. The van der Waals surface area contributed by atoms with Gasteiger partial charge in [-0.3, -0.25) is 19.2 Å². The van der Waals surface area contributed by atoms with Gasteiger partial charge in [-0.2, -0.15) is 0 Å². The minimum atomic E-state index is -0.918. The van der Waals surface area contributed by atoms with Gasteiger partial charge in [0.15, 0.2) is 5.78 Å². The Morgan fingerprint density at radius 3 is 2.26 bits per heavy atom. The number of amides is 2. The number of imide groups is 1. The van der Waals surface area contributed by atoms with Gasteiger partial charge in [0.2, 0.25) is 5.91 Å². The number of ketones is 1. The SMILES string of the molecule is CC(=O)c1ccc(N2C(=O)C[C@@H](Nc3ccc(CC(=O)O)cc3)C2=O)cc1. The van der Waals surface area contributed by atoms with Crippen molar-refractivity contribution in [1.82, 2.24) is 0 Å². The van der Waals surface area contributed by atoms with E-state index in [1.54, 1.807) is 48.5 Å². The lowest BCUT2D eigenvalue weighted by molar-refractivity contribution is -0.136. The first kappa shape index (κ1) is 18.3. The average molecular weight is 366 g/mol. The van der Waals surface area contributed by atoms with Crippen LogP contribution < -0.4 is 10.2 Å². The van der Waals surface area contributed by atoms with Gasteiger partial charge in [0.05, 0.1) is 18.5 Å². The smallest absolute Gasteiger partial charge is 0.307 e. The van der Waals surface area contributed by atoms with Crippen molar-refractivity contribution in [1.29, 1.82) is 0 Å². The molecule has 0 bridgehead atoms. The highest BCUT2D eigenvalue weighted by Crippen LogP contribution is 2.25. The second-order valence-corrected chi connectivity index (χ2v) is 6.34. The van der Waals surface area contributed by atoms with Gasteiger partial charge in [0.25, 0.3) is 5.91 Å². The van der Waals surface area contributed by atoms with Gasteiger partial charge in [-0.05, 0) is 48.9 Å². The van der Waals surface area contributed by atoms with Gasteiger partial charge < -0.3 is 10.4 Å². The van der Waals surface area contributed by atoms with Crippen LogP contribution in [0.3, 0.4) is 0 Å². The van der Waals surface area contributed by atoms with Crippen LogP contribution in [-0.4, -0.2) is 34.7 Å². The van der Waals surface area contributed by atoms with Crippen molar-refractivity contribution in [2.24, 2.45) is 0 Å². The molecule has 0 aliphatic carbocycles. The predicted octanol–water partition coefficient (Wildman–Crippen LogP) is 2.26. The molecule has 2 amide bonds. The van der Waals surface area contributed by atoms with E-state index in [4.69, 9.17) is 5.11 Å². The Hall–Kier alpha value is -3.48. The van der Waals surface area contributed by atoms with E-state index in [0.29, 0.717) is 22.5 Å². The summed E-state index contributed by atoms with van der Waals surface area (Å²) < 4.78 is 0. The number of anilines is 2. The average Bonchev–Trinajstić information content (AvgIpc) is 2.90. The molecule has 1 aliphatic heterocycles. The summed E-state index contributed by atoms with van der Waals surface area (Å²) in [4.78, 5) is 48.1. The lowest BCUT2D eigenvalue weighted by Gasteiger charge is -2.16. The number of carbonyl (C=O) groups excluding carboxylic acids is 3. The van der Waals surface area contributed by atoms with Crippen LogP contribution in [0.15, 0.2) is 48.5 Å². The van der Waals surface area contributed by atoms with Crippen LogP contribution >= 0.6 is 0 Å². The lowest BCUT2D eigenvalue weighted by Crippen LogP contribution is -2.34. The summed E-state index contributed by atoms with van der Waals surface area (Å²) >= 11 is 0. The molecule has 0 saturated carbocycles. The number of carboxylic acid groups (broad SMARTS) is 1. The Labute approximate surface area is 155 Å². The minimum Gasteiger partial charge on any atom is -0.481 e. The van der Waals surface area contributed by atoms with Crippen molar-refractivity contribution < 1.29 is 24.3 Å². The van der Waals surface area contributed by atoms with Crippen molar-refractivity contribution in [3.63, 3.8) is 0 Å². The Balaban J connectivity index is 1.72. The van der Waals surface area contributed by atoms with Crippen molar-refractivity contribution in [2.75, 3.05) is 10.2 Å². The maximum atomic E-state index is 12.6. The normalized spacial score (nSPS) is 16.5. The summed E-state index contributed by atoms with van der Waals surface area (Å²) in [6.07, 6.45) is -0.0602. The Morgan fingerprint density at radius 2 is 1.70 bits per heavy atom. The van der Waals surface area contributed by atoms with Crippen LogP contribution in [0.5, 0.6) is 0 Å². The number of carboxylic acids is 1. The summed E-state index contributed by atoms with van der Waals surface area (Å²) in [7, 11) is 0. The number of Topliss-reactive ketones (excluding diaryl/α,β-unsaturated/α-hetero) is 1. The molecule has 2 aromatic carbocycles. The zero-order valence-corrected chi connectivity index (χ0v) is 14.6. The van der Waals surface area contributed by atoms with E-state index in [1.807, 2.05) is 0 Å². The van der Waals surface area contributed by atoms with E-state index < -0.39 is 12.0 Å². The molecule has 1 atom stereocenters. The quantitative estimate of drug-likeness (QED) is 0.600. The molecule has 0 unspecified atom stereocenters. The molecule has 7 nitrogen and oxygen atoms in total. The first-order valence-electron chi connectivity index (χ1n) is 8.40. The zero-order valence-electron chi connectivity index (χ0n) is 14.6. The largest absolute Gasteiger partial charge is 0.481 e. The molecule has 27 heavy (non-hydrogen) atoms. The van der Waals surface area contributed by atoms with Crippen molar-refractivity contribution in [3.05, 3.63) is 59.7 Å². The van der Waals surface area contributed by atoms with Crippen LogP contribution in [0, 0.1) is 0 Å². The topological polar surface area (TPSA) is 104 Å². The third-order valence-electron chi connectivity index (χ3n) is 4.33. The van der Waals surface area contributed by atoms with Gasteiger partial charge in [-0.25, -0.2) is 4.90 Å². The standard InChI is InChI=1S/C20H18N2O5/c1-12(23)14-4-8-16(9-5-14)22-18(24)11-17(20(22)27)21-15-6-2-13(3-7-15)10-19(25)26/h2-9,17,21H,10-11H2,1H3,(H,25,26)/t17-/m1/s1. The first-order valence-corrected chi connectivity index (χ1v) is 8.40. The van der Waals surface area contributed by atoms with Crippen LogP contribution in [-0.2, 0) is 20.8 Å². The van der Waals surface area contributed by atoms with E-state index in [0.717, 1.165) is 4.90 Å². The molecular weight excluding hydrogens is 348 g/mol. The summed E-state index contributed by atoms with van der Waals surface area (Å²) in [5.74, 6) is -1.70. The van der Waals surface area contributed by atoms with Gasteiger partial charge in [0, 0.05) is 11.3 Å². The zero-order chi connectivity index (χ0) is 19.6. The number of rotatable bonds is 6. The molecular formula is C20H18N2O5. The van der Waals surface area contributed by atoms with E-state index in [9.17, 15) is 19.2 Å². The number of nitrogens with one attached hydrogen (secondary N) is 1. The molecule has 1 heterocycles. The molecule has 0 aromatic heterocycles. The predicted molar refractivity (Wildman–Crippen MR) is 98.7 cm³/mol. The number of nitrogens with zero attached hydrogens (tertiary/aromatic N) is 1. The molecule has 1 aliphatic rings. The molecule has 2 N–H and O–H groups in total. The highest BCUT2D eigenvalue weighted by molar-refractivity contribution is 6.23. The first-order chi connectivity index (χ1) is 12.8. The van der Waals surface area contributed by atoms with Gasteiger partial charge >= 0.3 is 5.97 Å². The highest BCUT2D eigenvalue weighted by atomic mass is 16.4. The van der Waals surface area contributed by atoms with Crippen molar-refractivity contribution in [3.8, 4) is 0 Å². The third kappa shape index (κ3) is 4.03. The van der Waals surface area contributed by atoms with Crippen LogP contribution in [0.1, 0.15) is 29.3 Å². The second-order valence-electron chi connectivity index (χ2n) is 6.34. The van der Waals surface area contributed by atoms with E-state index >= 15 is 0 Å². The van der Waals surface area contributed by atoms with Crippen molar-refractivity contribution in [2.45, 2.75) is 25.8 Å². The molecule has 0 radical (unpaired) electrons. The molecule has 1 saturated heterocycles. The molecule has 2 aromatic rings. The fourth-order valence-corrected chi connectivity index (χ4v) is 2.96. The monoisotopic (exact) mass is 366 g/mol. The Morgan fingerprint density at radius 1 is 1.07 bits per heavy atom. The van der Waals surface area contributed by atoms with Crippen LogP contribution in [0.25, 0.3) is 0 Å². The summed E-state index contributed by atoms with van der Waals surface area (Å²) in [5.41, 5.74) is 2.21. The molecule has 0 spiro atoms. The maximum Gasteiger partial charge on any atom is 0.307 e. The van der Waals surface area contributed by atoms with Gasteiger partial charge in [-0.1, -0.05) is 12.1 Å². The summed E-state index contributed by atoms with van der Waals surface area (Å²) in [6.45, 7) is 1.45. The number of hydrogen-bond donors (Lipinski definition) is 2. The summed E-state index contributed by atoms with van der Waals surface area (Å²) in [6, 6.07) is 12.3. The van der Waals surface area contributed by atoms with E-state index in [-0.39, 0.29) is 30.4 Å². The number of carbonyl (C=O) groups is 4. The minimum absolute atomic E-state index is 0.0180. The van der Waals surface area contributed by atoms with E-state index in [2.05, 4.69) is 5.32 Å². The molecule has 7 heteroatoms. The van der Waals surface area contributed by atoms with E-state index in [1.165, 1.54) is 6.92 Å². The fourth-order valence-electron chi connectivity index (χ4n) is 2.96. The van der Waals surface area contributed by atoms with Gasteiger partial charge in [0.1, 0.15) is 6.04 Å². The third-order valence-corrected chi connectivity index (χ3v) is 4.33. The Bertz CT molecular complexity index is 903.